The fourth-order valence-corrected chi connectivity index (χ4v) is 1.64. The summed E-state index contributed by atoms with van der Waals surface area (Å²) >= 11 is 0. The topological polar surface area (TPSA) is 55.5 Å². The number of rotatable bonds is 2. The molecule has 0 aromatic heterocycles. The van der Waals surface area contributed by atoms with E-state index in [-0.39, 0.29) is 5.75 Å². The first-order valence-electron chi connectivity index (χ1n) is 4.87. The smallest absolute Gasteiger partial charge is 0.150 e. The first-order valence-corrected chi connectivity index (χ1v) is 4.87. The van der Waals surface area contributed by atoms with Gasteiger partial charge in [0.1, 0.15) is 11.5 Å². The highest BCUT2D eigenvalue weighted by atomic mass is 16.5. The van der Waals surface area contributed by atoms with Gasteiger partial charge in [0.2, 0.25) is 0 Å². The van der Waals surface area contributed by atoms with E-state index < -0.39 is 0 Å². The summed E-state index contributed by atoms with van der Waals surface area (Å²) < 4.78 is 5.47. The fourth-order valence-electron chi connectivity index (χ4n) is 1.64. The number of hydrogen-bond acceptors (Lipinski definition) is 3. The van der Waals surface area contributed by atoms with Crippen molar-refractivity contribution in [1.82, 2.24) is 0 Å². The van der Waals surface area contributed by atoms with Crippen molar-refractivity contribution in [1.29, 1.82) is 0 Å². The number of anilines is 1. The van der Waals surface area contributed by atoms with Gasteiger partial charge in [-0.15, -0.1) is 0 Å². The molecule has 2 aromatic rings. The highest BCUT2D eigenvalue weighted by Crippen LogP contribution is 2.35. The Balaban J connectivity index is 2.75. The number of aromatic hydroxyl groups is 1. The maximum atomic E-state index is 9.66. The number of nitrogen functional groups attached to an aromatic ring is 1. The molecule has 15 heavy (non-hydrogen) atoms. The molecule has 0 bridgehead atoms. The summed E-state index contributed by atoms with van der Waals surface area (Å²) in [4.78, 5) is 0. The highest BCUT2D eigenvalue weighted by molar-refractivity contribution is 5.96. The van der Waals surface area contributed by atoms with Gasteiger partial charge in [-0.05, 0) is 25.1 Å². The average molecular weight is 203 g/mol. The van der Waals surface area contributed by atoms with E-state index >= 15 is 0 Å². The number of phenols is 1. The molecule has 0 aliphatic rings. The normalized spacial score (nSPS) is 10.5. The molecule has 78 valence electrons. The minimum Gasteiger partial charge on any atom is -0.507 e. The highest BCUT2D eigenvalue weighted by Gasteiger charge is 2.08. The van der Waals surface area contributed by atoms with Gasteiger partial charge in [0.05, 0.1) is 12.3 Å². The lowest BCUT2D eigenvalue weighted by Crippen LogP contribution is -1.97. The molecule has 3 nitrogen and oxygen atoms in total. The molecule has 0 unspecified atom stereocenters. The van der Waals surface area contributed by atoms with E-state index in [0.29, 0.717) is 18.0 Å². The number of phenolic OH excluding ortho intramolecular Hbond substituents is 1. The van der Waals surface area contributed by atoms with E-state index in [9.17, 15) is 5.11 Å². The Hall–Kier alpha value is -1.90. The number of hydrogen-bond donors (Lipinski definition) is 2. The Morgan fingerprint density at radius 1 is 1.20 bits per heavy atom. The molecule has 2 aromatic carbocycles. The van der Waals surface area contributed by atoms with E-state index in [1.165, 1.54) is 0 Å². The van der Waals surface area contributed by atoms with Crippen LogP contribution in [-0.2, 0) is 0 Å². The van der Waals surface area contributed by atoms with Crippen LogP contribution in [0.15, 0.2) is 30.3 Å². The average Bonchev–Trinajstić information content (AvgIpc) is 2.23. The van der Waals surface area contributed by atoms with Crippen molar-refractivity contribution in [3.05, 3.63) is 30.3 Å². The van der Waals surface area contributed by atoms with Crippen LogP contribution >= 0.6 is 0 Å². The Bertz CT molecular complexity index is 494. The third-order valence-electron chi connectivity index (χ3n) is 2.31. The Labute approximate surface area is 88.1 Å². The second-order valence-electron chi connectivity index (χ2n) is 3.29. The second kappa shape index (κ2) is 3.69. The van der Waals surface area contributed by atoms with Crippen LogP contribution in [0.5, 0.6) is 11.5 Å². The molecule has 3 N–H and O–H groups in total. The van der Waals surface area contributed by atoms with Gasteiger partial charge in [-0.1, -0.05) is 12.1 Å². The molecule has 0 saturated carbocycles. The quantitative estimate of drug-likeness (QED) is 0.737. The van der Waals surface area contributed by atoms with E-state index in [0.717, 1.165) is 10.8 Å². The third-order valence-corrected chi connectivity index (χ3v) is 2.31. The van der Waals surface area contributed by atoms with Crippen molar-refractivity contribution >= 4 is 16.5 Å². The molecule has 3 heteroatoms. The lowest BCUT2D eigenvalue weighted by molar-refractivity contribution is 0.346. The zero-order chi connectivity index (χ0) is 10.8. The lowest BCUT2D eigenvalue weighted by atomic mass is 10.1. The van der Waals surface area contributed by atoms with Crippen molar-refractivity contribution < 1.29 is 9.84 Å². The van der Waals surface area contributed by atoms with Crippen molar-refractivity contribution in [2.24, 2.45) is 0 Å². The van der Waals surface area contributed by atoms with E-state index in [4.69, 9.17) is 10.5 Å². The minimum absolute atomic E-state index is 0.244. The van der Waals surface area contributed by atoms with Gasteiger partial charge in [0.15, 0.2) is 0 Å². The van der Waals surface area contributed by atoms with Crippen LogP contribution in [0, 0.1) is 0 Å². The summed E-state index contributed by atoms with van der Waals surface area (Å²) in [6, 6.07) is 8.85. The summed E-state index contributed by atoms with van der Waals surface area (Å²) in [5.41, 5.74) is 6.41. The van der Waals surface area contributed by atoms with Crippen LogP contribution in [0.1, 0.15) is 6.92 Å². The molecule has 0 spiro atoms. The number of ether oxygens (including phenoxy) is 1. The van der Waals surface area contributed by atoms with E-state index in [2.05, 4.69) is 0 Å². The van der Waals surface area contributed by atoms with Gasteiger partial charge in [0.25, 0.3) is 0 Å². The van der Waals surface area contributed by atoms with Crippen molar-refractivity contribution in [2.75, 3.05) is 12.3 Å². The lowest BCUT2D eigenvalue weighted by Gasteiger charge is -2.10. The van der Waals surface area contributed by atoms with Gasteiger partial charge in [0, 0.05) is 10.8 Å². The van der Waals surface area contributed by atoms with Crippen LogP contribution in [0.4, 0.5) is 5.69 Å². The summed E-state index contributed by atoms with van der Waals surface area (Å²) in [7, 11) is 0. The van der Waals surface area contributed by atoms with E-state index in [1.807, 2.05) is 13.0 Å². The monoisotopic (exact) mass is 203 g/mol. The zero-order valence-electron chi connectivity index (χ0n) is 8.53. The molecule has 0 amide bonds. The molecule has 2 rings (SSSR count). The van der Waals surface area contributed by atoms with Gasteiger partial charge in [-0.3, -0.25) is 0 Å². The summed E-state index contributed by atoms with van der Waals surface area (Å²) in [5, 5.41) is 11.3. The number of benzene rings is 2. The maximum Gasteiger partial charge on any atom is 0.150 e. The van der Waals surface area contributed by atoms with Crippen molar-refractivity contribution in [3.63, 3.8) is 0 Å². The first-order chi connectivity index (χ1) is 7.24. The van der Waals surface area contributed by atoms with Gasteiger partial charge in [-0.25, -0.2) is 0 Å². The zero-order valence-corrected chi connectivity index (χ0v) is 8.53. The number of fused-ring (bicyclic) bond motifs is 1. The summed E-state index contributed by atoms with van der Waals surface area (Å²) in [5.74, 6) is 0.888. The van der Waals surface area contributed by atoms with E-state index in [1.54, 1.807) is 24.3 Å². The molecule has 0 radical (unpaired) electrons. The summed E-state index contributed by atoms with van der Waals surface area (Å²) in [6.45, 7) is 2.46. The van der Waals surface area contributed by atoms with Crippen LogP contribution in [0.3, 0.4) is 0 Å². The molecule has 0 aliphatic carbocycles. The molecule has 0 aliphatic heterocycles. The molecule has 0 atom stereocenters. The SMILES string of the molecule is CCOc1c(N)ccc2c(O)cccc12. The Morgan fingerprint density at radius 3 is 2.73 bits per heavy atom. The predicted octanol–water partition coefficient (Wildman–Crippen LogP) is 2.53. The van der Waals surface area contributed by atoms with Gasteiger partial charge < -0.3 is 15.6 Å². The second-order valence-corrected chi connectivity index (χ2v) is 3.29. The van der Waals surface area contributed by atoms with Crippen LogP contribution in [-0.4, -0.2) is 11.7 Å². The largest absolute Gasteiger partial charge is 0.507 e. The van der Waals surface area contributed by atoms with Gasteiger partial charge in [-0.2, -0.15) is 0 Å². The van der Waals surface area contributed by atoms with Crippen molar-refractivity contribution in [3.8, 4) is 11.5 Å². The summed E-state index contributed by atoms with van der Waals surface area (Å²) in [6.07, 6.45) is 0. The molecule has 0 fully saturated rings. The van der Waals surface area contributed by atoms with Crippen LogP contribution < -0.4 is 10.5 Å². The minimum atomic E-state index is 0.244. The van der Waals surface area contributed by atoms with Crippen LogP contribution in [0.2, 0.25) is 0 Å². The van der Waals surface area contributed by atoms with Crippen LogP contribution in [0.25, 0.3) is 10.8 Å². The molecular formula is C12H13NO2. The number of nitrogens with two attached hydrogens (primary N) is 1. The third kappa shape index (κ3) is 1.56. The van der Waals surface area contributed by atoms with Crippen molar-refractivity contribution in [2.45, 2.75) is 6.92 Å². The first kappa shape index (κ1) is 9.65. The molecule has 0 heterocycles. The maximum absolute atomic E-state index is 9.66. The predicted molar refractivity (Wildman–Crippen MR) is 61.2 cm³/mol. The molecule has 0 saturated heterocycles. The standard InChI is InChI=1S/C12H13NO2/c1-2-15-12-9-4-3-5-11(14)8(9)6-7-10(12)13/h3-7,14H,2,13H2,1H3. The Kier molecular flexibility index (Phi) is 2.37. The fraction of sp³-hybridized carbons (Fsp3) is 0.167. The molecular weight excluding hydrogens is 190 g/mol. The Morgan fingerprint density at radius 2 is 2.00 bits per heavy atom. The van der Waals surface area contributed by atoms with Gasteiger partial charge >= 0.3 is 0 Å².